The molecule has 0 aliphatic carbocycles. The van der Waals surface area contributed by atoms with Gasteiger partial charge in [0.25, 0.3) is 0 Å². The Bertz CT molecular complexity index is 527. The van der Waals surface area contributed by atoms with Gasteiger partial charge in [0.1, 0.15) is 0 Å². The first-order chi connectivity index (χ1) is 8.61. The van der Waals surface area contributed by atoms with Crippen molar-refractivity contribution in [3.63, 3.8) is 0 Å². The lowest BCUT2D eigenvalue weighted by atomic mass is 10.1. The molecule has 1 heterocycles. The van der Waals surface area contributed by atoms with Crippen molar-refractivity contribution in [1.29, 1.82) is 0 Å². The number of nitrogens with one attached hydrogen (secondary N) is 1. The van der Waals surface area contributed by atoms with Gasteiger partial charge in [-0.25, -0.2) is 0 Å². The third-order valence-corrected chi connectivity index (χ3v) is 3.51. The van der Waals surface area contributed by atoms with E-state index in [2.05, 4.69) is 55.1 Å². The Kier molecular flexibility index (Phi) is 4.02. The lowest BCUT2D eigenvalue weighted by molar-refractivity contribution is 0.807. The van der Waals surface area contributed by atoms with Crippen molar-refractivity contribution in [2.45, 2.75) is 33.6 Å². The molecule has 0 saturated heterocycles. The smallest absolute Gasteiger partial charge is 0.0800 e. The van der Waals surface area contributed by atoms with Crippen LogP contribution < -0.4 is 0 Å². The van der Waals surface area contributed by atoms with Crippen LogP contribution in [0.1, 0.15) is 32.8 Å². The molecule has 0 aliphatic heterocycles. The lowest BCUT2D eigenvalue weighted by Crippen LogP contribution is -2.08. The fourth-order valence-electron chi connectivity index (χ4n) is 1.89. The molecule has 18 heavy (non-hydrogen) atoms. The maximum Gasteiger partial charge on any atom is 0.0800 e. The molecule has 1 aromatic heterocycles. The first-order valence-electron chi connectivity index (χ1n) is 6.35. The Morgan fingerprint density at radius 2 is 1.83 bits per heavy atom. The summed E-state index contributed by atoms with van der Waals surface area (Å²) in [7, 11) is 0. The van der Waals surface area contributed by atoms with Crippen molar-refractivity contribution in [1.82, 2.24) is 9.78 Å². The molecular weight excluding hydrogens is 240 g/mol. The maximum atomic E-state index is 4.34. The number of thiol groups is 1. The third-order valence-electron chi connectivity index (χ3n) is 3.19. The van der Waals surface area contributed by atoms with Crippen LogP contribution >= 0.6 is 12.6 Å². The van der Waals surface area contributed by atoms with Crippen LogP contribution in [0.2, 0.25) is 0 Å². The van der Waals surface area contributed by atoms with Gasteiger partial charge in [-0.15, -0.1) is 12.6 Å². The number of benzene rings is 1. The zero-order valence-corrected chi connectivity index (χ0v) is 12.1. The second-order valence-electron chi connectivity index (χ2n) is 4.64. The molecule has 0 unspecified atom stereocenters. The number of rotatable bonds is 4. The Morgan fingerprint density at radius 3 is 2.33 bits per heavy atom. The summed E-state index contributed by atoms with van der Waals surface area (Å²) in [5.74, 6) is 0. The van der Waals surface area contributed by atoms with Crippen molar-refractivity contribution in [2.75, 3.05) is 0 Å². The Balaban J connectivity index is 2.14. The highest BCUT2D eigenvalue weighted by molar-refractivity contribution is 7.84. The quantitative estimate of drug-likeness (QED) is 0.751. The second-order valence-corrected chi connectivity index (χ2v) is 5.31. The molecule has 0 radical (unpaired) electrons. The number of hydrogen-bond donors (Lipinski definition) is 2. The third kappa shape index (κ3) is 2.72. The molecule has 2 nitrogen and oxygen atoms in total. The summed E-state index contributed by atoms with van der Waals surface area (Å²) >= 11 is 4.34. The van der Waals surface area contributed by atoms with Crippen LogP contribution in [0.4, 0.5) is 0 Å². The van der Waals surface area contributed by atoms with Crippen LogP contribution in [0.15, 0.2) is 35.4 Å². The van der Waals surface area contributed by atoms with Gasteiger partial charge >= 0.3 is 0 Å². The molecule has 0 fully saturated rings. The van der Waals surface area contributed by atoms with E-state index in [1.54, 1.807) is 0 Å². The summed E-state index contributed by atoms with van der Waals surface area (Å²) in [4.78, 5) is 1.02. The second kappa shape index (κ2) is 5.53. The molecule has 1 aromatic carbocycles. The lowest BCUT2D eigenvalue weighted by Gasteiger charge is -2.17. The van der Waals surface area contributed by atoms with Crippen LogP contribution in [0.25, 0.3) is 17.0 Å². The van der Waals surface area contributed by atoms with Crippen molar-refractivity contribution in [3.8, 4) is 11.3 Å². The monoisotopic (exact) mass is 260 g/mol. The standard InChI is InChI=1S/C15H20N2S/c1-4-5-13-6-8-14(9-7-13)15-10-17(16-15)11(2)12(3)18/h6-10,16,18H,4-5H2,1-3H3/b12-11-. The molecule has 0 aliphatic rings. The van der Waals surface area contributed by atoms with Gasteiger partial charge in [0, 0.05) is 11.3 Å². The average molecular weight is 260 g/mol. The molecule has 3 heteroatoms. The first kappa shape index (κ1) is 13.1. The predicted octanol–water partition coefficient (Wildman–Crippen LogP) is 4.57. The SMILES string of the molecule is CCCc1ccc(-c2cn(/C(C)=C(/C)S)[nH]2)cc1. The molecule has 0 atom stereocenters. The van der Waals surface area contributed by atoms with Crippen molar-refractivity contribution in [2.24, 2.45) is 0 Å². The highest BCUT2D eigenvalue weighted by atomic mass is 32.1. The van der Waals surface area contributed by atoms with Crippen LogP contribution in [0.3, 0.4) is 0 Å². The summed E-state index contributed by atoms with van der Waals surface area (Å²) in [6.45, 7) is 6.25. The first-order valence-corrected chi connectivity index (χ1v) is 6.80. The topological polar surface area (TPSA) is 20.7 Å². The van der Waals surface area contributed by atoms with Gasteiger partial charge in [0.15, 0.2) is 0 Å². The van der Waals surface area contributed by atoms with Crippen LogP contribution in [0, 0.1) is 0 Å². The normalized spacial score (nSPS) is 12.7. The van der Waals surface area contributed by atoms with Gasteiger partial charge in [-0.2, -0.15) is 0 Å². The van der Waals surface area contributed by atoms with Crippen LogP contribution in [0.5, 0.6) is 0 Å². The molecule has 2 aromatic rings. The van der Waals surface area contributed by atoms with E-state index >= 15 is 0 Å². The summed E-state index contributed by atoms with van der Waals surface area (Å²) < 4.78 is 2.00. The maximum absolute atomic E-state index is 4.34. The van der Waals surface area contributed by atoms with Crippen molar-refractivity contribution < 1.29 is 0 Å². The van der Waals surface area contributed by atoms with Gasteiger partial charge in [0.2, 0.25) is 0 Å². The highest BCUT2D eigenvalue weighted by Crippen LogP contribution is 2.22. The minimum atomic E-state index is 1.02. The van der Waals surface area contributed by atoms with Crippen LogP contribution in [-0.4, -0.2) is 9.78 Å². The van der Waals surface area contributed by atoms with Gasteiger partial charge in [-0.05, 0) is 30.7 Å². The molecular formula is C15H20N2S. The molecule has 0 amide bonds. The Hall–Kier alpha value is -1.35. The van der Waals surface area contributed by atoms with Crippen molar-refractivity contribution in [3.05, 3.63) is 40.9 Å². The van der Waals surface area contributed by atoms with Gasteiger partial charge in [0.05, 0.1) is 11.9 Å². The van der Waals surface area contributed by atoms with Gasteiger partial charge < -0.3 is 0 Å². The number of aromatic nitrogens is 2. The Morgan fingerprint density at radius 1 is 1.22 bits per heavy atom. The molecule has 96 valence electrons. The number of allylic oxidation sites excluding steroid dienone is 2. The predicted molar refractivity (Wildman–Crippen MR) is 81.8 cm³/mol. The fraction of sp³-hybridized carbons (Fsp3) is 0.333. The summed E-state index contributed by atoms with van der Waals surface area (Å²) in [5.41, 5.74) is 4.92. The largest absolute Gasteiger partial charge is 0.292 e. The van der Waals surface area contributed by atoms with E-state index in [4.69, 9.17) is 0 Å². The minimum absolute atomic E-state index is 1.02. The zero-order chi connectivity index (χ0) is 13.1. The fourth-order valence-corrected chi connectivity index (χ4v) is 2.00. The summed E-state index contributed by atoms with van der Waals surface area (Å²) in [6.07, 6.45) is 4.45. The van der Waals surface area contributed by atoms with E-state index < -0.39 is 0 Å². The average Bonchev–Trinajstić information content (AvgIpc) is 2.29. The molecule has 2 rings (SSSR count). The zero-order valence-electron chi connectivity index (χ0n) is 11.2. The number of aryl methyl sites for hydroxylation is 1. The summed E-state index contributed by atoms with van der Waals surface area (Å²) in [6, 6.07) is 8.76. The number of hydrogen-bond acceptors (Lipinski definition) is 1. The Labute approximate surface area is 114 Å². The van der Waals surface area contributed by atoms with Crippen molar-refractivity contribution >= 4 is 18.3 Å². The molecule has 0 bridgehead atoms. The number of H-pyrrole nitrogens is 1. The molecule has 0 spiro atoms. The number of nitrogens with zero attached hydrogens (tertiary/aromatic N) is 1. The van der Waals surface area contributed by atoms with E-state index in [0.717, 1.165) is 22.7 Å². The minimum Gasteiger partial charge on any atom is -0.292 e. The molecule has 1 N–H and O–H groups in total. The molecule has 0 saturated carbocycles. The van der Waals surface area contributed by atoms with E-state index in [-0.39, 0.29) is 0 Å². The van der Waals surface area contributed by atoms with E-state index in [1.807, 2.05) is 18.5 Å². The van der Waals surface area contributed by atoms with E-state index in [1.165, 1.54) is 17.5 Å². The van der Waals surface area contributed by atoms with E-state index in [9.17, 15) is 0 Å². The van der Waals surface area contributed by atoms with Gasteiger partial charge in [-0.1, -0.05) is 37.6 Å². The van der Waals surface area contributed by atoms with Crippen LogP contribution in [-0.2, 0) is 6.42 Å². The number of aromatic amines is 1. The van der Waals surface area contributed by atoms with E-state index in [0.29, 0.717) is 0 Å². The highest BCUT2D eigenvalue weighted by Gasteiger charge is 2.06. The van der Waals surface area contributed by atoms with Gasteiger partial charge in [-0.3, -0.25) is 9.78 Å². The summed E-state index contributed by atoms with van der Waals surface area (Å²) in [5, 5.41) is 3.32.